The van der Waals surface area contributed by atoms with E-state index in [1.165, 1.54) is 64.2 Å². The van der Waals surface area contributed by atoms with Crippen LogP contribution < -0.4 is 0 Å². The van der Waals surface area contributed by atoms with Crippen molar-refractivity contribution in [2.75, 3.05) is 69.6 Å². The molecular formula is C31H64O9. The molecule has 1 heterocycles. The summed E-state index contributed by atoms with van der Waals surface area (Å²) in [6.07, 6.45) is 17.0. The molecule has 0 radical (unpaired) electrons. The molecule has 0 N–H and O–H groups in total. The number of ether oxygens (including phenoxy) is 9. The first-order valence-corrected chi connectivity index (χ1v) is 15.5. The van der Waals surface area contributed by atoms with Gasteiger partial charge in [0.2, 0.25) is 0 Å². The van der Waals surface area contributed by atoms with E-state index in [2.05, 4.69) is 13.8 Å². The number of rotatable bonds is 27. The predicted molar refractivity (Wildman–Crippen MR) is 158 cm³/mol. The Labute approximate surface area is 246 Å². The number of methoxy groups -OCH3 is 7. The van der Waals surface area contributed by atoms with Crippen LogP contribution in [0.4, 0.5) is 0 Å². The Morgan fingerprint density at radius 1 is 0.600 bits per heavy atom. The third-order valence-corrected chi connectivity index (χ3v) is 7.64. The normalized spacial score (nSPS) is 16.9. The third-order valence-electron chi connectivity index (χ3n) is 7.64. The molecule has 3 atom stereocenters. The summed E-state index contributed by atoms with van der Waals surface area (Å²) in [5.74, 6) is -2.05. The Hall–Kier alpha value is -0.360. The molecule has 1 saturated heterocycles. The maximum Gasteiger partial charge on any atom is 0.310 e. The third kappa shape index (κ3) is 15.8. The standard InChI is InChI=1S/C17H34O5.C14H30O4/c1-5-6-7-8-9-10-11-15(12-21-13-16-14-22-16)17(18-2,19-3)20-4;1-6-7-8-9-10-11-12-13(15-2)14(16-3,17-4)18-5/h15-16H,5-14H2,1-4H3;13H,6-12H2,1-5H3. The van der Waals surface area contributed by atoms with Gasteiger partial charge < -0.3 is 42.6 Å². The quantitative estimate of drug-likeness (QED) is 0.0598. The lowest BCUT2D eigenvalue weighted by Gasteiger charge is -2.36. The van der Waals surface area contributed by atoms with Gasteiger partial charge in [0, 0.05) is 49.8 Å². The Morgan fingerprint density at radius 2 is 1.02 bits per heavy atom. The fourth-order valence-electron chi connectivity index (χ4n) is 4.98. The second kappa shape index (κ2) is 25.2. The van der Waals surface area contributed by atoms with Gasteiger partial charge in [-0.1, -0.05) is 90.9 Å². The summed E-state index contributed by atoms with van der Waals surface area (Å²) in [6, 6.07) is 0. The van der Waals surface area contributed by atoms with Crippen molar-refractivity contribution < 1.29 is 42.6 Å². The molecule has 1 aliphatic heterocycles. The van der Waals surface area contributed by atoms with Crippen LogP contribution >= 0.6 is 0 Å². The zero-order chi connectivity index (χ0) is 30.1. The summed E-state index contributed by atoms with van der Waals surface area (Å²) in [5, 5.41) is 0. The van der Waals surface area contributed by atoms with Crippen molar-refractivity contribution in [1.82, 2.24) is 0 Å². The lowest BCUT2D eigenvalue weighted by Crippen LogP contribution is -2.48. The topological polar surface area (TPSA) is 86.4 Å². The van der Waals surface area contributed by atoms with Gasteiger partial charge in [-0.25, -0.2) is 0 Å². The molecule has 40 heavy (non-hydrogen) atoms. The summed E-state index contributed by atoms with van der Waals surface area (Å²) in [5.41, 5.74) is 0. The highest BCUT2D eigenvalue weighted by Crippen LogP contribution is 2.29. The SMILES string of the molecule is CCCCCCCCC(COCC1CO1)C(OC)(OC)OC.CCCCCCCCC(OC)C(OC)(OC)OC. The second-order valence-corrected chi connectivity index (χ2v) is 10.5. The zero-order valence-electron chi connectivity index (χ0n) is 27.4. The smallest absolute Gasteiger partial charge is 0.310 e. The van der Waals surface area contributed by atoms with E-state index in [1.54, 1.807) is 49.8 Å². The van der Waals surface area contributed by atoms with E-state index < -0.39 is 11.9 Å². The molecule has 9 heteroatoms. The predicted octanol–water partition coefficient (Wildman–Crippen LogP) is 6.71. The molecule has 0 spiro atoms. The molecule has 1 fully saturated rings. The molecule has 0 aromatic carbocycles. The fraction of sp³-hybridized carbons (Fsp3) is 1.00. The van der Waals surface area contributed by atoms with Gasteiger partial charge in [-0.2, -0.15) is 0 Å². The van der Waals surface area contributed by atoms with Crippen molar-refractivity contribution in [1.29, 1.82) is 0 Å². The van der Waals surface area contributed by atoms with Crippen molar-refractivity contribution in [3.63, 3.8) is 0 Å². The van der Waals surface area contributed by atoms with E-state index in [1.807, 2.05) is 0 Å². The Kier molecular flexibility index (Phi) is 24.9. The molecule has 3 unspecified atom stereocenters. The molecule has 0 aromatic heterocycles. The van der Waals surface area contributed by atoms with Gasteiger partial charge in [-0.05, 0) is 12.8 Å². The average Bonchev–Trinajstić information content (AvgIpc) is 3.82. The molecular weight excluding hydrogens is 516 g/mol. The van der Waals surface area contributed by atoms with Crippen molar-refractivity contribution in [2.24, 2.45) is 5.92 Å². The number of epoxide rings is 1. The molecule has 0 saturated carbocycles. The molecule has 0 aromatic rings. The van der Waals surface area contributed by atoms with Crippen molar-refractivity contribution in [3.05, 3.63) is 0 Å². The minimum absolute atomic E-state index is 0.0532. The molecule has 1 aliphatic rings. The molecule has 242 valence electrons. The van der Waals surface area contributed by atoms with Gasteiger partial charge in [0.25, 0.3) is 5.97 Å². The largest absolute Gasteiger partial charge is 0.378 e. The Bertz CT molecular complexity index is 520. The van der Waals surface area contributed by atoms with Gasteiger partial charge in [0.15, 0.2) is 0 Å². The first kappa shape index (κ1) is 39.6. The first-order chi connectivity index (χ1) is 19.4. The highest BCUT2D eigenvalue weighted by atomic mass is 16.9. The summed E-state index contributed by atoms with van der Waals surface area (Å²) < 4.78 is 48.9. The van der Waals surface area contributed by atoms with E-state index >= 15 is 0 Å². The van der Waals surface area contributed by atoms with E-state index in [4.69, 9.17) is 42.6 Å². The number of unbranched alkanes of at least 4 members (excludes halogenated alkanes) is 10. The van der Waals surface area contributed by atoms with Crippen LogP contribution in [0.3, 0.4) is 0 Å². The maximum atomic E-state index is 5.76. The Balaban J connectivity index is 0.000000778. The number of hydrogen-bond acceptors (Lipinski definition) is 9. The van der Waals surface area contributed by atoms with Crippen molar-refractivity contribution in [2.45, 2.75) is 128 Å². The van der Waals surface area contributed by atoms with Gasteiger partial charge in [-0.15, -0.1) is 0 Å². The van der Waals surface area contributed by atoms with Gasteiger partial charge in [-0.3, -0.25) is 0 Å². The molecule has 0 aliphatic carbocycles. The lowest BCUT2D eigenvalue weighted by atomic mass is 9.98. The number of hydrogen-bond donors (Lipinski definition) is 0. The highest BCUT2D eigenvalue weighted by Gasteiger charge is 2.41. The molecule has 1 rings (SSSR count). The van der Waals surface area contributed by atoms with Crippen molar-refractivity contribution in [3.8, 4) is 0 Å². The van der Waals surface area contributed by atoms with Gasteiger partial charge in [0.1, 0.15) is 12.2 Å². The van der Waals surface area contributed by atoms with E-state index in [-0.39, 0.29) is 18.1 Å². The molecule has 9 nitrogen and oxygen atoms in total. The minimum Gasteiger partial charge on any atom is -0.378 e. The zero-order valence-corrected chi connectivity index (χ0v) is 27.4. The fourth-order valence-corrected chi connectivity index (χ4v) is 4.98. The summed E-state index contributed by atoms with van der Waals surface area (Å²) >= 11 is 0. The van der Waals surface area contributed by atoms with Crippen LogP contribution in [0.2, 0.25) is 0 Å². The van der Waals surface area contributed by atoms with Gasteiger partial charge >= 0.3 is 5.97 Å². The Morgan fingerprint density at radius 3 is 1.43 bits per heavy atom. The monoisotopic (exact) mass is 580 g/mol. The maximum absolute atomic E-state index is 5.76. The lowest BCUT2D eigenvalue weighted by molar-refractivity contribution is -0.392. The van der Waals surface area contributed by atoms with E-state index in [9.17, 15) is 0 Å². The average molecular weight is 581 g/mol. The van der Waals surface area contributed by atoms with Crippen LogP contribution in [0.25, 0.3) is 0 Å². The summed E-state index contributed by atoms with van der Waals surface area (Å²) in [7, 11) is 11.2. The second-order valence-electron chi connectivity index (χ2n) is 10.5. The van der Waals surface area contributed by atoms with E-state index in [0.29, 0.717) is 13.2 Å². The van der Waals surface area contributed by atoms with Crippen LogP contribution in [0.15, 0.2) is 0 Å². The molecule has 0 amide bonds. The molecule has 0 bridgehead atoms. The van der Waals surface area contributed by atoms with Crippen molar-refractivity contribution >= 4 is 0 Å². The minimum atomic E-state index is -1.09. The van der Waals surface area contributed by atoms with Crippen LogP contribution in [-0.4, -0.2) is 93.7 Å². The van der Waals surface area contributed by atoms with Gasteiger partial charge in [0.05, 0.1) is 25.7 Å². The van der Waals surface area contributed by atoms with Crippen LogP contribution in [0.1, 0.15) is 104 Å². The van der Waals surface area contributed by atoms with Crippen LogP contribution in [0, 0.1) is 5.92 Å². The summed E-state index contributed by atoms with van der Waals surface area (Å²) in [6.45, 7) is 6.47. The van der Waals surface area contributed by atoms with Crippen LogP contribution in [-0.2, 0) is 42.6 Å². The van der Waals surface area contributed by atoms with E-state index in [0.717, 1.165) is 32.3 Å². The highest BCUT2D eigenvalue weighted by molar-refractivity contribution is 4.73. The van der Waals surface area contributed by atoms with Crippen LogP contribution in [0.5, 0.6) is 0 Å². The first-order valence-electron chi connectivity index (χ1n) is 15.5. The summed E-state index contributed by atoms with van der Waals surface area (Å²) in [4.78, 5) is 0.